The molecule has 4 aromatic rings. The number of rotatable bonds is 9. The van der Waals surface area contributed by atoms with Crippen molar-refractivity contribution >= 4 is 10.8 Å². The maximum atomic E-state index is 15.0. The number of benzene rings is 4. The summed E-state index contributed by atoms with van der Waals surface area (Å²) in [4.78, 5) is 0. The summed E-state index contributed by atoms with van der Waals surface area (Å²) in [6.07, 6.45) is -10.1. The minimum Gasteiger partial charge on any atom is -0.429 e. The van der Waals surface area contributed by atoms with Gasteiger partial charge in [0, 0.05) is 6.07 Å². The van der Waals surface area contributed by atoms with E-state index in [-0.39, 0.29) is 18.1 Å². The molecule has 0 heterocycles. The van der Waals surface area contributed by atoms with Crippen molar-refractivity contribution < 1.29 is 49.0 Å². The highest BCUT2D eigenvalue weighted by Crippen LogP contribution is 2.43. The smallest absolute Gasteiger partial charge is 0.429 e. The number of ether oxygens (including phenoxy) is 2. The van der Waals surface area contributed by atoms with Gasteiger partial charge in [0.25, 0.3) is 0 Å². The summed E-state index contributed by atoms with van der Waals surface area (Å²) in [7, 11) is 0. The summed E-state index contributed by atoms with van der Waals surface area (Å²) in [5.41, 5.74) is 0.0451. The fourth-order valence-corrected chi connectivity index (χ4v) is 5.99. The topological polar surface area (TPSA) is 18.5 Å². The largest absolute Gasteiger partial charge is 0.527 e. The van der Waals surface area contributed by atoms with Gasteiger partial charge in [-0.2, -0.15) is 17.6 Å². The molecule has 1 fully saturated rings. The molecular formula is C34H29F9O2. The monoisotopic (exact) mass is 640 g/mol. The number of halogens is 9. The fraction of sp³-hybridized carbons (Fsp3) is 0.353. The highest BCUT2D eigenvalue weighted by atomic mass is 19.4. The first-order chi connectivity index (χ1) is 21.1. The second kappa shape index (κ2) is 12.6. The molecule has 0 bridgehead atoms. The van der Waals surface area contributed by atoms with Crippen LogP contribution in [-0.4, -0.2) is 6.36 Å². The molecule has 0 spiro atoms. The number of aryl methyl sites for hydroxylation is 1. The Labute approximate surface area is 253 Å². The van der Waals surface area contributed by atoms with Crippen LogP contribution in [0, 0.1) is 11.6 Å². The summed E-state index contributed by atoms with van der Waals surface area (Å²) >= 11 is 0. The minimum atomic E-state index is -5.79. The summed E-state index contributed by atoms with van der Waals surface area (Å²) in [5, 5.41) is 2.36. The Kier molecular flexibility index (Phi) is 9.13. The molecule has 240 valence electrons. The Hall–Kier alpha value is -3.73. The van der Waals surface area contributed by atoms with Crippen molar-refractivity contribution in [1.82, 2.24) is 0 Å². The zero-order chi connectivity index (χ0) is 32.6. The van der Waals surface area contributed by atoms with E-state index >= 15 is 0 Å². The Bertz CT molecular complexity index is 1660. The molecule has 0 aliphatic heterocycles. The third-order valence-corrected chi connectivity index (χ3v) is 8.19. The van der Waals surface area contributed by atoms with Gasteiger partial charge in [-0.1, -0.05) is 55.8 Å². The van der Waals surface area contributed by atoms with Crippen molar-refractivity contribution in [1.29, 1.82) is 0 Å². The highest BCUT2D eigenvalue weighted by Gasteiger charge is 2.48. The lowest BCUT2D eigenvalue weighted by atomic mass is 9.76. The van der Waals surface area contributed by atoms with Gasteiger partial charge in [0.2, 0.25) is 0 Å². The molecule has 0 saturated heterocycles. The van der Waals surface area contributed by atoms with E-state index in [0.29, 0.717) is 17.5 Å². The first-order valence-corrected chi connectivity index (χ1v) is 14.5. The summed E-state index contributed by atoms with van der Waals surface area (Å²) in [5.74, 6) is -4.03. The van der Waals surface area contributed by atoms with Crippen molar-refractivity contribution in [2.24, 2.45) is 0 Å². The van der Waals surface area contributed by atoms with E-state index < -0.39 is 47.1 Å². The maximum Gasteiger partial charge on any atom is 0.527 e. The first-order valence-electron chi connectivity index (χ1n) is 14.5. The van der Waals surface area contributed by atoms with E-state index in [2.05, 4.69) is 52.8 Å². The van der Waals surface area contributed by atoms with Crippen molar-refractivity contribution in [3.8, 4) is 5.75 Å². The molecular weight excluding hydrogens is 611 g/mol. The van der Waals surface area contributed by atoms with E-state index in [4.69, 9.17) is 0 Å². The average Bonchev–Trinajstić information content (AvgIpc) is 2.95. The molecule has 0 unspecified atom stereocenters. The van der Waals surface area contributed by atoms with Gasteiger partial charge in [0.05, 0.1) is 11.1 Å². The normalized spacial score (nSPS) is 17.9. The predicted octanol–water partition coefficient (Wildman–Crippen LogP) is 11.2. The van der Waals surface area contributed by atoms with Crippen molar-refractivity contribution in [2.75, 3.05) is 0 Å². The van der Waals surface area contributed by atoms with Crippen molar-refractivity contribution in [3.63, 3.8) is 0 Å². The molecule has 1 aliphatic rings. The lowest BCUT2D eigenvalue weighted by Crippen LogP contribution is -2.29. The Morgan fingerprint density at radius 3 is 1.76 bits per heavy atom. The van der Waals surface area contributed by atoms with Gasteiger partial charge in [-0.15, -0.1) is 13.2 Å². The molecule has 0 radical (unpaired) electrons. The van der Waals surface area contributed by atoms with Crippen LogP contribution in [0.4, 0.5) is 39.5 Å². The Morgan fingerprint density at radius 2 is 1.16 bits per heavy atom. The maximum absolute atomic E-state index is 15.0. The first kappa shape index (κ1) is 32.7. The standard InChI is InChI=1S/C34H29F9O2/c1-2-3-20-4-5-25-17-24(11-10-23(25)16-20)21-6-8-22(9-7-21)26-12-14-28(30(35)18-26)32(37,38)44-27-13-15-29(31(36)19-27)33(39,40)45-34(41,42)43/h4-5,10-19,21-22H,2-3,6-9H2,1H3. The third kappa shape index (κ3) is 7.57. The second-order valence-electron chi connectivity index (χ2n) is 11.3. The van der Waals surface area contributed by atoms with Gasteiger partial charge >= 0.3 is 18.6 Å². The van der Waals surface area contributed by atoms with Crippen LogP contribution >= 0.6 is 0 Å². The molecule has 0 atom stereocenters. The van der Waals surface area contributed by atoms with Gasteiger partial charge in [-0.3, -0.25) is 0 Å². The molecule has 1 aliphatic carbocycles. The molecule has 0 amide bonds. The molecule has 4 aromatic carbocycles. The molecule has 0 aromatic heterocycles. The quantitative estimate of drug-likeness (QED) is 0.170. The predicted molar refractivity (Wildman–Crippen MR) is 150 cm³/mol. The molecule has 5 rings (SSSR count). The van der Waals surface area contributed by atoms with Crippen molar-refractivity contribution in [3.05, 3.63) is 112 Å². The van der Waals surface area contributed by atoms with Gasteiger partial charge in [0.15, 0.2) is 0 Å². The summed E-state index contributed by atoms with van der Waals surface area (Å²) in [6.45, 7) is 2.14. The van der Waals surface area contributed by atoms with Gasteiger partial charge < -0.3 is 4.74 Å². The second-order valence-corrected chi connectivity index (χ2v) is 11.3. The average molecular weight is 641 g/mol. The lowest BCUT2D eigenvalue weighted by molar-refractivity contribution is -0.432. The van der Waals surface area contributed by atoms with Crippen LogP contribution in [0.2, 0.25) is 0 Å². The van der Waals surface area contributed by atoms with Crippen LogP contribution < -0.4 is 4.74 Å². The van der Waals surface area contributed by atoms with Gasteiger partial charge in [-0.25, -0.2) is 13.5 Å². The fourth-order valence-electron chi connectivity index (χ4n) is 5.99. The summed E-state index contributed by atoms with van der Waals surface area (Å²) < 4.78 is 130. The number of fused-ring (bicyclic) bond motifs is 1. The van der Waals surface area contributed by atoms with E-state index in [1.807, 2.05) is 0 Å². The SMILES string of the molecule is CCCc1ccc2cc(C3CCC(c4ccc(C(F)(F)Oc5ccc(C(F)(F)OC(F)(F)F)c(F)c5)c(F)c4)CC3)ccc2c1. The van der Waals surface area contributed by atoms with E-state index in [1.54, 1.807) is 0 Å². The van der Waals surface area contributed by atoms with E-state index in [9.17, 15) is 39.5 Å². The molecule has 45 heavy (non-hydrogen) atoms. The number of hydrogen-bond donors (Lipinski definition) is 0. The third-order valence-electron chi connectivity index (χ3n) is 8.19. The van der Waals surface area contributed by atoms with Crippen molar-refractivity contribution in [2.45, 2.75) is 75.9 Å². The van der Waals surface area contributed by atoms with Gasteiger partial charge in [0.1, 0.15) is 17.4 Å². The molecule has 11 heteroatoms. The molecule has 1 saturated carbocycles. The Morgan fingerprint density at radius 1 is 0.622 bits per heavy atom. The Balaban J connectivity index is 1.24. The molecule has 2 nitrogen and oxygen atoms in total. The van der Waals surface area contributed by atoms with Crippen LogP contribution in [0.15, 0.2) is 72.8 Å². The van der Waals surface area contributed by atoms with Crippen LogP contribution in [0.1, 0.15) is 78.7 Å². The van der Waals surface area contributed by atoms with Crippen LogP contribution in [-0.2, 0) is 23.4 Å². The van der Waals surface area contributed by atoms with Crippen LogP contribution in [0.5, 0.6) is 5.75 Å². The van der Waals surface area contributed by atoms with Crippen LogP contribution in [0.3, 0.4) is 0 Å². The van der Waals surface area contributed by atoms with E-state index in [1.165, 1.54) is 28.0 Å². The summed E-state index contributed by atoms with van der Waals surface area (Å²) in [6, 6.07) is 16.7. The lowest BCUT2D eigenvalue weighted by Gasteiger charge is -2.29. The number of alkyl halides is 7. The minimum absolute atomic E-state index is 0.0425. The van der Waals surface area contributed by atoms with Gasteiger partial charge in [-0.05, 0) is 95.7 Å². The zero-order valence-electron chi connectivity index (χ0n) is 24.0. The molecule has 0 N–H and O–H groups in total. The highest BCUT2D eigenvalue weighted by molar-refractivity contribution is 5.84. The van der Waals surface area contributed by atoms with E-state index in [0.717, 1.165) is 50.7 Å². The zero-order valence-corrected chi connectivity index (χ0v) is 24.0. The van der Waals surface area contributed by atoms with Crippen LogP contribution in [0.25, 0.3) is 10.8 Å². The number of hydrogen-bond acceptors (Lipinski definition) is 2.